The highest BCUT2D eigenvalue weighted by Gasteiger charge is 2.32. The highest BCUT2D eigenvalue weighted by atomic mass is 15.1. The van der Waals surface area contributed by atoms with Gasteiger partial charge in [-0.15, -0.1) is 0 Å². The molecule has 0 bridgehead atoms. The zero-order valence-electron chi connectivity index (χ0n) is 27.1. The molecule has 49 heavy (non-hydrogen) atoms. The minimum atomic E-state index is 0.944. The van der Waals surface area contributed by atoms with Gasteiger partial charge in [0.25, 0.3) is 0 Å². The summed E-state index contributed by atoms with van der Waals surface area (Å²) in [6.45, 7) is 0. The molecule has 8 aromatic rings. The lowest BCUT2D eigenvalue weighted by Crippen LogP contribution is -2.11. The van der Waals surface area contributed by atoms with Crippen molar-refractivity contribution in [2.75, 3.05) is 4.90 Å². The van der Waals surface area contributed by atoms with Crippen molar-refractivity contribution in [1.29, 1.82) is 0 Å². The van der Waals surface area contributed by atoms with Crippen molar-refractivity contribution in [1.82, 2.24) is 0 Å². The number of benzene rings is 8. The van der Waals surface area contributed by atoms with E-state index in [1.54, 1.807) is 0 Å². The normalized spacial score (nSPS) is 12.3. The van der Waals surface area contributed by atoms with Crippen molar-refractivity contribution < 1.29 is 0 Å². The second-order valence-electron chi connectivity index (χ2n) is 13.3. The first-order valence-electron chi connectivity index (χ1n) is 17.2. The highest BCUT2D eigenvalue weighted by molar-refractivity contribution is 6.05. The third kappa shape index (κ3) is 4.54. The summed E-state index contributed by atoms with van der Waals surface area (Å²) < 4.78 is 0. The van der Waals surface area contributed by atoms with E-state index < -0.39 is 0 Å². The van der Waals surface area contributed by atoms with E-state index in [-0.39, 0.29) is 0 Å². The summed E-state index contributed by atoms with van der Waals surface area (Å²) >= 11 is 0. The van der Waals surface area contributed by atoms with Crippen LogP contribution in [-0.2, 0) is 12.8 Å². The Balaban J connectivity index is 1.19. The van der Waals surface area contributed by atoms with Gasteiger partial charge in [-0.1, -0.05) is 146 Å². The number of anilines is 3. The molecule has 1 nitrogen and oxygen atoms in total. The van der Waals surface area contributed by atoms with Crippen molar-refractivity contribution in [3.63, 3.8) is 0 Å². The maximum Gasteiger partial charge on any atom is 0.0543 e. The van der Waals surface area contributed by atoms with Crippen LogP contribution in [0, 0.1) is 0 Å². The zero-order valence-corrected chi connectivity index (χ0v) is 27.1. The van der Waals surface area contributed by atoms with E-state index in [1.165, 1.54) is 83.2 Å². The first-order valence-corrected chi connectivity index (χ1v) is 17.2. The van der Waals surface area contributed by atoms with Crippen LogP contribution < -0.4 is 4.90 Å². The Morgan fingerprint density at radius 1 is 0.367 bits per heavy atom. The summed E-state index contributed by atoms with van der Waals surface area (Å²) in [5, 5.41) is 2.68. The van der Waals surface area contributed by atoms with Crippen LogP contribution >= 0.6 is 0 Å². The molecule has 0 unspecified atom stereocenters. The van der Waals surface area contributed by atoms with E-state index in [2.05, 4.69) is 181 Å². The van der Waals surface area contributed by atoms with Crippen molar-refractivity contribution in [2.24, 2.45) is 0 Å². The third-order valence-electron chi connectivity index (χ3n) is 10.5. The van der Waals surface area contributed by atoms with Crippen molar-refractivity contribution in [3.8, 4) is 44.5 Å². The molecule has 2 aliphatic rings. The van der Waals surface area contributed by atoms with Gasteiger partial charge in [-0.25, -0.2) is 0 Å². The van der Waals surface area contributed by atoms with Gasteiger partial charge < -0.3 is 4.90 Å². The molecular weight excluding hydrogens is 591 g/mol. The average Bonchev–Trinajstić information content (AvgIpc) is 3.75. The minimum Gasteiger partial charge on any atom is -0.310 e. The van der Waals surface area contributed by atoms with Crippen LogP contribution in [0.4, 0.5) is 17.1 Å². The molecule has 0 amide bonds. The van der Waals surface area contributed by atoms with Crippen molar-refractivity contribution in [3.05, 3.63) is 198 Å². The molecule has 230 valence electrons. The number of nitrogens with zero attached hydrogens (tertiary/aromatic N) is 1. The van der Waals surface area contributed by atoms with Crippen LogP contribution in [-0.4, -0.2) is 0 Å². The fraction of sp³-hybridized carbons (Fsp3) is 0.0417. The van der Waals surface area contributed by atoms with Crippen molar-refractivity contribution >= 4 is 27.8 Å². The number of rotatable bonds is 5. The van der Waals surface area contributed by atoms with E-state index in [0.717, 1.165) is 24.2 Å². The molecule has 0 aromatic heterocycles. The van der Waals surface area contributed by atoms with Gasteiger partial charge in [0.05, 0.1) is 5.69 Å². The largest absolute Gasteiger partial charge is 0.310 e. The lowest BCUT2D eigenvalue weighted by molar-refractivity contribution is 1.23. The van der Waals surface area contributed by atoms with E-state index in [9.17, 15) is 0 Å². The number of hydrogen-bond donors (Lipinski definition) is 0. The summed E-state index contributed by atoms with van der Waals surface area (Å²) in [6.07, 6.45) is 1.92. The Bertz CT molecular complexity index is 2530. The number of fused-ring (bicyclic) bond motifs is 9. The lowest BCUT2D eigenvalue weighted by atomic mass is 9.91. The Kier molecular flexibility index (Phi) is 6.38. The van der Waals surface area contributed by atoms with E-state index in [1.807, 2.05) is 0 Å². The van der Waals surface area contributed by atoms with E-state index in [4.69, 9.17) is 0 Å². The minimum absolute atomic E-state index is 0.944. The Labute approximate surface area is 287 Å². The molecule has 0 aliphatic heterocycles. The molecule has 1 heteroatoms. The average molecular weight is 624 g/mol. The summed E-state index contributed by atoms with van der Waals surface area (Å²) in [7, 11) is 0. The molecule has 8 aromatic carbocycles. The van der Waals surface area contributed by atoms with Gasteiger partial charge in [-0.3, -0.25) is 0 Å². The molecule has 0 atom stereocenters. The summed E-state index contributed by atoms with van der Waals surface area (Å²) in [4.78, 5) is 2.48. The standard InChI is InChI=1S/C48H33N/c1-3-11-32(12-4-1)34-23-26-40(27-24-34)49(41-18-9-16-36(30-41)33-13-5-2-6-14-33)45-20-10-17-37-29-38-21-22-39-31-44-42-19-8-7-15-35(42)25-28-43(44)46(39)48(38)47(37)45/h1-28,30H,29,31H2. The van der Waals surface area contributed by atoms with Gasteiger partial charge in [0.2, 0.25) is 0 Å². The van der Waals surface area contributed by atoms with Gasteiger partial charge in [-0.05, 0) is 115 Å². The lowest BCUT2D eigenvalue weighted by Gasteiger charge is -2.29. The Morgan fingerprint density at radius 3 is 1.80 bits per heavy atom. The second-order valence-corrected chi connectivity index (χ2v) is 13.3. The van der Waals surface area contributed by atoms with E-state index >= 15 is 0 Å². The molecule has 2 aliphatic carbocycles. The SMILES string of the molecule is c1ccc(-c2ccc(N(c3cccc(-c4ccccc4)c3)c3cccc4c3-c3c(ccc5c3-c3ccc6ccccc6c3C5)C4)cc2)cc1. The first-order chi connectivity index (χ1) is 24.3. The second kappa shape index (κ2) is 11.2. The molecule has 0 saturated heterocycles. The molecule has 10 rings (SSSR count). The number of hydrogen-bond acceptors (Lipinski definition) is 1. The van der Waals surface area contributed by atoms with Gasteiger partial charge in [0.1, 0.15) is 0 Å². The topological polar surface area (TPSA) is 3.24 Å². The fourth-order valence-electron chi connectivity index (χ4n) is 8.26. The molecule has 0 N–H and O–H groups in total. The van der Waals surface area contributed by atoms with Crippen molar-refractivity contribution in [2.45, 2.75) is 12.8 Å². The smallest absolute Gasteiger partial charge is 0.0543 e. The van der Waals surface area contributed by atoms with E-state index in [0.29, 0.717) is 0 Å². The highest BCUT2D eigenvalue weighted by Crippen LogP contribution is 2.54. The third-order valence-corrected chi connectivity index (χ3v) is 10.5. The predicted molar refractivity (Wildman–Crippen MR) is 206 cm³/mol. The van der Waals surface area contributed by atoms with Gasteiger partial charge in [0, 0.05) is 16.9 Å². The Hall–Kier alpha value is -6.18. The quantitative estimate of drug-likeness (QED) is 0.184. The van der Waals surface area contributed by atoms with Crippen LogP contribution in [0.5, 0.6) is 0 Å². The van der Waals surface area contributed by atoms with Crippen LogP contribution in [0.3, 0.4) is 0 Å². The molecule has 0 spiro atoms. The summed E-state index contributed by atoms with van der Waals surface area (Å²) in [6, 6.07) is 64.6. The predicted octanol–water partition coefficient (Wildman–Crippen LogP) is 12.8. The maximum atomic E-state index is 2.48. The van der Waals surface area contributed by atoms with Gasteiger partial charge >= 0.3 is 0 Å². The van der Waals surface area contributed by atoms with Crippen LogP contribution in [0.25, 0.3) is 55.3 Å². The monoisotopic (exact) mass is 623 g/mol. The first kappa shape index (κ1) is 27.9. The Morgan fingerprint density at radius 2 is 1.00 bits per heavy atom. The van der Waals surface area contributed by atoms with Crippen LogP contribution in [0.15, 0.2) is 176 Å². The molecule has 0 saturated carbocycles. The van der Waals surface area contributed by atoms with Gasteiger partial charge in [-0.2, -0.15) is 0 Å². The molecule has 0 fully saturated rings. The van der Waals surface area contributed by atoms with Crippen LogP contribution in [0.1, 0.15) is 22.3 Å². The van der Waals surface area contributed by atoms with Crippen LogP contribution in [0.2, 0.25) is 0 Å². The molecule has 0 radical (unpaired) electrons. The summed E-state index contributed by atoms with van der Waals surface area (Å²) in [5.41, 5.74) is 19.6. The fourth-order valence-corrected chi connectivity index (χ4v) is 8.26. The zero-order chi connectivity index (χ0) is 32.3. The summed E-state index contributed by atoms with van der Waals surface area (Å²) in [5.74, 6) is 0. The molecule has 0 heterocycles. The van der Waals surface area contributed by atoms with Gasteiger partial charge in [0.15, 0.2) is 0 Å². The maximum absolute atomic E-state index is 2.48. The molecular formula is C48H33N.